The zero-order valence-corrected chi connectivity index (χ0v) is 10.2. The van der Waals surface area contributed by atoms with Gasteiger partial charge in [0, 0.05) is 12.0 Å². The second kappa shape index (κ2) is 5.20. The van der Waals surface area contributed by atoms with Crippen LogP contribution in [0.1, 0.15) is 54.8 Å². The van der Waals surface area contributed by atoms with E-state index in [0.29, 0.717) is 24.5 Å². The largest absolute Gasteiger partial charge is 0.480 e. The van der Waals surface area contributed by atoms with Crippen molar-refractivity contribution in [1.82, 2.24) is 10.5 Å². The number of nitrogens with one attached hydrogen (secondary N) is 1. The van der Waals surface area contributed by atoms with Crippen molar-refractivity contribution in [1.29, 1.82) is 0 Å². The second-order valence-corrected chi connectivity index (χ2v) is 4.54. The van der Waals surface area contributed by atoms with E-state index < -0.39 is 17.9 Å². The van der Waals surface area contributed by atoms with Gasteiger partial charge in [0.2, 0.25) is 0 Å². The summed E-state index contributed by atoms with van der Waals surface area (Å²) in [4.78, 5) is 22.7. The molecule has 1 amide bonds. The van der Waals surface area contributed by atoms with E-state index in [1.54, 1.807) is 6.07 Å². The predicted octanol–water partition coefficient (Wildman–Crippen LogP) is 1.54. The summed E-state index contributed by atoms with van der Waals surface area (Å²) in [6.45, 7) is 1.86. The first-order valence-electron chi connectivity index (χ1n) is 6.12. The van der Waals surface area contributed by atoms with Crippen LogP contribution >= 0.6 is 0 Å². The van der Waals surface area contributed by atoms with Gasteiger partial charge in [0.15, 0.2) is 5.69 Å². The molecule has 0 bridgehead atoms. The number of hydrogen-bond donors (Lipinski definition) is 2. The molecule has 18 heavy (non-hydrogen) atoms. The van der Waals surface area contributed by atoms with E-state index in [-0.39, 0.29) is 5.69 Å². The SMILES string of the molecule is CCC[C@H](NC(=O)c1cc(C2CC2)on1)C(=O)O. The standard InChI is InChI=1S/C12H16N2O4/c1-2-3-8(12(16)17)13-11(15)9-6-10(18-14-9)7-4-5-7/h6-8H,2-5H2,1H3,(H,13,15)(H,16,17)/t8-/m0/s1. The molecule has 1 aliphatic carbocycles. The lowest BCUT2D eigenvalue weighted by molar-refractivity contribution is -0.139. The topological polar surface area (TPSA) is 92.4 Å². The number of rotatable bonds is 6. The number of carbonyl (C=O) groups excluding carboxylic acids is 1. The Hall–Kier alpha value is -1.85. The summed E-state index contributed by atoms with van der Waals surface area (Å²) in [5.74, 6) is -0.435. The Bertz CT molecular complexity index is 451. The lowest BCUT2D eigenvalue weighted by Crippen LogP contribution is -2.40. The lowest BCUT2D eigenvalue weighted by atomic mass is 10.1. The fourth-order valence-electron chi connectivity index (χ4n) is 1.73. The molecule has 1 heterocycles. The molecule has 2 rings (SSSR count). The van der Waals surface area contributed by atoms with Crippen LogP contribution in [0.4, 0.5) is 0 Å². The third-order valence-electron chi connectivity index (χ3n) is 2.92. The van der Waals surface area contributed by atoms with Gasteiger partial charge in [-0.2, -0.15) is 0 Å². The highest BCUT2D eigenvalue weighted by molar-refractivity contribution is 5.94. The van der Waals surface area contributed by atoms with E-state index in [1.807, 2.05) is 6.92 Å². The fraction of sp³-hybridized carbons (Fsp3) is 0.583. The van der Waals surface area contributed by atoms with Gasteiger partial charge < -0.3 is 14.9 Å². The zero-order chi connectivity index (χ0) is 13.1. The van der Waals surface area contributed by atoms with E-state index in [1.165, 1.54) is 0 Å². The molecule has 6 nitrogen and oxygen atoms in total. The molecular weight excluding hydrogens is 236 g/mol. The molecule has 0 unspecified atom stereocenters. The van der Waals surface area contributed by atoms with Gasteiger partial charge in [-0.15, -0.1) is 0 Å². The maximum absolute atomic E-state index is 11.8. The van der Waals surface area contributed by atoms with Gasteiger partial charge in [0.1, 0.15) is 11.8 Å². The molecule has 0 spiro atoms. The van der Waals surface area contributed by atoms with Gasteiger partial charge in [0.05, 0.1) is 0 Å². The number of amides is 1. The van der Waals surface area contributed by atoms with E-state index in [4.69, 9.17) is 9.63 Å². The van der Waals surface area contributed by atoms with Crippen molar-refractivity contribution >= 4 is 11.9 Å². The van der Waals surface area contributed by atoms with Crippen molar-refractivity contribution in [3.05, 3.63) is 17.5 Å². The highest BCUT2D eigenvalue weighted by atomic mass is 16.5. The summed E-state index contributed by atoms with van der Waals surface area (Å²) < 4.78 is 5.05. The van der Waals surface area contributed by atoms with Crippen LogP contribution in [0.15, 0.2) is 10.6 Å². The smallest absolute Gasteiger partial charge is 0.326 e. The van der Waals surface area contributed by atoms with Crippen LogP contribution < -0.4 is 5.32 Å². The van der Waals surface area contributed by atoms with Gasteiger partial charge in [-0.05, 0) is 19.3 Å². The molecule has 0 saturated heterocycles. The molecule has 1 atom stereocenters. The number of aliphatic carboxylic acids is 1. The molecule has 1 aliphatic rings. The van der Waals surface area contributed by atoms with Crippen LogP contribution in [0.5, 0.6) is 0 Å². The number of aromatic nitrogens is 1. The molecule has 1 aromatic heterocycles. The maximum Gasteiger partial charge on any atom is 0.326 e. The Morgan fingerprint density at radius 3 is 2.89 bits per heavy atom. The van der Waals surface area contributed by atoms with E-state index in [2.05, 4.69) is 10.5 Å². The zero-order valence-electron chi connectivity index (χ0n) is 10.2. The normalized spacial score (nSPS) is 16.3. The first-order chi connectivity index (χ1) is 8.61. The highest BCUT2D eigenvalue weighted by Gasteiger charge is 2.29. The molecule has 0 radical (unpaired) electrons. The fourth-order valence-corrected chi connectivity index (χ4v) is 1.73. The monoisotopic (exact) mass is 252 g/mol. The van der Waals surface area contributed by atoms with Crippen molar-refractivity contribution in [3.63, 3.8) is 0 Å². The van der Waals surface area contributed by atoms with Crippen molar-refractivity contribution in [2.45, 2.75) is 44.6 Å². The van der Waals surface area contributed by atoms with Gasteiger partial charge in [-0.3, -0.25) is 4.79 Å². The van der Waals surface area contributed by atoms with Crippen molar-refractivity contribution < 1.29 is 19.2 Å². The number of carbonyl (C=O) groups is 2. The predicted molar refractivity (Wildman–Crippen MR) is 62.3 cm³/mol. The first-order valence-corrected chi connectivity index (χ1v) is 6.12. The van der Waals surface area contributed by atoms with E-state index in [0.717, 1.165) is 12.8 Å². The van der Waals surface area contributed by atoms with Crippen LogP contribution in [-0.4, -0.2) is 28.2 Å². The maximum atomic E-state index is 11.8. The molecule has 2 N–H and O–H groups in total. The van der Waals surface area contributed by atoms with Crippen LogP contribution in [0.25, 0.3) is 0 Å². The molecule has 98 valence electrons. The summed E-state index contributed by atoms with van der Waals surface area (Å²) >= 11 is 0. The summed E-state index contributed by atoms with van der Waals surface area (Å²) in [6.07, 6.45) is 3.20. The summed E-state index contributed by atoms with van der Waals surface area (Å²) in [7, 11) is 0. The van der Waals surface area contributed by atoms with E-state index >= 15 is 0 Å². The average Bonchev–Trinajstić information content (AvgIpc) is 3.06. The average molecular weight is 252 g/mol. The highest BCUT2D eigenvalue weighted by Crippen LogP contribution is 2.40. The molecule has 1 saturated carbocycles. The third kappa shape index (κ3) is 2.88. The molecule has 1 fully saturated rings. The van der Waals surface area contributed by atoms with Gasteiger partial charge >= 0.3 is 5.97 Å². The lowest BCUT2D eigenvalue weighted by Gasteiger charge is -2.11. The number of nitrogens with zero attached hydrogens (tertiary/aromatic N) is 1. The molecule has 1 aromatic rings. The van der Waals surface area contributed by atoms with Crippen LogP contribution in [-0.2, 0) is 4.79 Å². The van der Waals surface area contributed by atoms with Crippen LogP contribution in [0.2, 0.25) is 0 Å². The summed E-state index contributed by atoms with van der Waals surface area (Å²) in [5.41, 5.74) is 0.152. The molecule has 0 aromatic carbocycles. The van der Waals surface area contributed by atoms with Gasteiger partial charge in [-0.1, -0.05) is 18.5 Å². The van der Waals surface area contributed by atoms with E-state index in [9.17, 15) is 9.59 Å². The Balaban J connectivity index is 1.98. The Morgan fingerprint density at radius 2 is 2.33 bits per heavy atom. The van der Waals surface area contributed by atoms with Crippen LogP contribution in [0.3, 0.4) is 0 Å². The van der Waals surface area contributed by atoms with Gasteiger partial charge in [-0.25, -0.2) is 4.79 Å². The van der Waals surface area contributed by atoms with Crippen molar-refractivity contribution in [3.8, 4) is 0 Å². The first kappa shape index (κ1) is 12.6. The van der Waals surface area contributed by atoms with Gasteiger partial charge in [0.25, 0.3) is 5.91 Å². The van der Waals surface area contributed by atoms with Crippen LogP contribution in [0, 0.1) is 0 Å². The summed E-state index contributed by atoms with van der Waals surface area (Å²) in [6, 6.07) is 0.723. The second-order valence-electron chi connectivity index (χ2n) is 4.54. The Morgan fingerprint density at radius 1 is 1.61 bits per heavy atom. The third-order valence-corrected chi connectivity index (χ3v) is 2.92. The minimum Gasteiger partial charge on any atom is -0.480 e. The Kier molecular flexibility index (Phi) is 3.64. The minimum absolute atomic E-state index is 0.152. The molecule has 0 aliphatic heterocycles. The summed E-state index contributed by atoms with van der Waals surface area (Å²) in [5, 5.41) is 15.1. The van der Waals surface area contributed by atoms with Crippen molar-refractivity contribution in [2.24, 2.45) is 0 Å². The molecular formula is C12H16N2O4. The number of carboxylic acid groups (broad SMARTS) is 1. The molecule has 6 heteroatoms. The quantitative estimate of drug-likeness (QED) is 0.801. The van der Waals surface area contributed by atoms with Crippen molar-refractivity contribution in [2.75, 3.05) is 0 Å². The number of hydrogen-bond acceptors (Lipinski definition) is 4. The minimum atomic E-state index is -1.03. The number of carboxylic acids is 1. The Labute approximate surface area is 104 Å².